The molecule has 104 valence electrons. The van der Waals surface area contributed by atoms with E-state index in [1.165, 1.54) is 5.39 Å². The lowest BCUT2D eigenvalue weighted by Crippen LogP contribution is -1.77. The van der Waals surface area contributed by atoms with E-state index in [4.69, 9.17) is 4.42 Å². The second kappa shape index (κ2) is 4.21. The molecule has 0 unspecified atom stereocenters. The van der Waals surface area contributed by atoms with Crippen molar-refractivity contribution in [3.05, 3.63) is 66.9 Å². The summed E-state index contributed by atoms with van der Waals surface area (Å²) in [5.41, 5.74) is 3.94. The molecule has 22 heavy (non-hydrogen) atoms. The molecule has 0 saturated carbocycles. The minimum absolute atomic E-state index is 0.837. The number of nitrogens with zero attached hydrogens (tertiary/aromatic N) is 1. The maximum atomic E-state index is 6.13. The topological polar surface area (TPSA) is 41.8 Å². The Morgan fingerprint density at radius 3 is 2.68 bits per heavy atom. The Hall–Kier alpha value is -3.07. The van der Waals surface area contributed by atoms with E-state index < -0.39 is 0 Å². The van der Waals surface area contributed by atoms with Crippen LogP contribution < -0.4 is 0 Å². The molecule has 3 aromatic heterocycles. The summed E-state index contributed by atoms with van der Waals surface area (Å²) in [7, 11) is 0. The zero-order chi connectivity index (χ0) is 14.5. The first-order chi connectivity index (χ1) is 10.9. The number of hydrogen-bond acceptors (Lipinski definition) is 2. The molecule has 5 rings (SSSR count). The van der Waals surface area contributed by atoms with E-state index in [9.17, 15) is 0 Å². The van der Waals surface area contributed by atoms with Gasteiger partial charge in [-0.15, -0.1) is 0 Å². The van der Waals surface area contributed by atoms with Crippen LogP contribution in [-0.2, 0) is 0 Å². The quantitative estimate of drug-likeness (QED) is 0.463. The van der Waals surface area contributed by atoms with E-state index >= 15 is 0 Å². The molecule has 0 atom stereocenters. The summed E-state index contributed by atoms with van der Waals surface area (Å²) >= 11 is 0. The molecule has 1 N–H and O–H groups in total. The number of H-pyrrole nitrogens is 1. The highest BCUT2D eigenvalue weighted by Crippen LogP contribution is 2.32. The molecule has 5 aromatic rings. The van der Waals surface area contributed by atoms with E-state index in [1.54, 1.807) is 0 Å². The Labute approximate surface area is 126 Å². The van der Waals surface area contributed by atoms with Crippen molar-refractivity contribution >= 4 is 32.8 Å². The van der Waals surface area contributed by atoms with Crippen LogP contribution in [0.25, 0.3) is 44.2 Å². The van der Waals surface area contributed by atoms with Crippen molar-refractivity contribution in [1.82, 2.24) is 9.97 Å². The molecule has 0 fully saturated rings. The van der Waals surface area contributed by atoms with Crippen molar-refractivity contribution in [2.24, 2.45) is 0 Å². The molecule has 0 aliphatic rings. The lowest BCUT2D eigenvalue weighted by Gasteiger charge is -1.96. The predicted molar refractivity (Wildman–Crippen MR) is 88.8 cm³/mol. The fourth-order valence-corrected chi connectivity index (χ4v) is 2.97. The number of benzene rings is 2. The first-order valence-corrected chi connectivity index (χ1v) is 7.24. The average molecular weight is 284 g/mol. The van der Waals surface area contributed by atoms with Gasteiger partial charge in [0.1, 0.15) is 5.58 Å². The van der Waals surface area contributed by atoms with Crippen LogP contribution in [0.4, 0.5) is 0 Å². The number of pyridine rings is 1. The molecule has 2 aromatic carbocycles. The molecule has 3 heterocycles. The fraction of sp³-hybridized carbons (Fsp3) is 0. The zero-order valence-corrected chi connectivity index (χ0v) is 11.7. The van der Waals surface area contributed by atoms with Gasteiger partial charge in [-0.2, -0.15) is 0 Å². The number of para-hydroxylation sites is 2. The number of rotatable bonds is 1. The molecular weight excluding hydrogens is 272 g/mol. The molecule has 0 saturated heterocycles. The van der Waals surface area contributed by atoms with E-state index in [-0.39, 0.29) is 0 Å². The minimum atomic E-state index is 0.837. The van der Waals surface area contributed by atoms with Crippen LogP contribution in [0.2, 0.25) is 0 Å². The van der Waals surface area contributed by atoms with Gasteiger partial charge >= 0.3 is 0 Å². The first-order valence-electron chi connectivity index (χ1n) is 7.24. The summed E-state index contributed by atoms with van der Waals surface area (Å²) in [6, 6.07) is 20.4. The third-order valence-electron chi connectivity index (χ3n) is 4.05. The van der Waals surface area contributed by atoms with Gasteiger partial charge in [0.15, 0.2) is 5.76 Å². The summed E-state index contributed by atoms with van der Waals surface area (Å²) in [5, 5.41) is 3.25. The van der Waals surface area contributed by atoms with E-state index in [0.29, 0.717) is 0 Å². The lowest BCUT2D eigenvalue weighted by molar-refractivity contribution is 0.632. The van der Waals surface area contributed by atoms with Gasteiger partial charge in [0.25, 0.3) is 0 Å². The second-order valence-electron chi connectivity index (χ2n) is 5.44. The van der Waals surface area contributed by atoms with Gasteiger partial charge in [-0.1, -0.05) is 30.3 Å². The van der Waals surface area contributed by atoms with E-state index in [2.05, 4.69) is 28.2 Å². The average Bonchev–Trinajstić information content (AvgIpc) is 3.18. The molecule has 0 spiro atoms. The maximum absolute atomic E-state index is 6.13. The second-order valence-corrected chi connectivity index (χ2v) is 5.44. The molecule has 0 amide bonds. The summed E-state index contributed by atoms with van der Waals surface area (Å²) in [4.78, 5) is 7.90. The highest BCUT2D eigenvalue weighted by atomic mass is 16.3. The van der Waals surface area contributed by atoms with Crippen LogP contribution in [0.1, 0.15) is 0 Å². The highest BCUT2D eigenvalue weighted by molar-refractivity contribution is 6.03. The third-order valence-corrected chi connectivity index (χ3v) is 4.05. The Balaban J connectivity index is 1.79. The van der Waals surface area contributed by atoms with Crippen molar-refractivity contribution in [2.45, 2.75) is 0 Å². The standard InChI is InChI=1S/C19H12N2O/c1-3-7-15-12(5-1)9-17(21-15)18-10-13-11-20-16-8-4-2-6-14(16)19(13)22-18/h1-11,21H. The van der Waals surface area contributed by atoms with Crippen molar-refractivity contribution in [3.8, 4) is 11.5 Å². The number of furan rings is 1. The number of aromatic nitrogens is 2. The van der Waals surface area contributed by atoms with Crippen LogP contribution in [0, 0.1) is 0 Å². The van der Waals surface area contributed by atoms with Gasteiger partial charge in [-0.3, -0.25) is 4.98 Å². The zero-order valence-electron chi connectivity index (χ0n) is 11.7. The number of nitrogens with one attached hydrogen (secondary N) is 1. The molecule has 0 bridgehead atoms. The van der Waals surface area contributed by atoms with Gasteiger partial charge in [0.05, 0.1) is 11.2 Å². The Kier molecular flexibility index (Phi) is 2.22. The number of hydrogen-bond donors (Lipinski definition) is 1. The monoisotopic (exact) mass is 284 g/mol. The summed E-state index contributed by atoms with van der Waals surface area (Å²) < 4.78 is 6.13. The highest BCUT2D eigenvalue weighted by Gasteiger charge is 2.11. The van der Waals surface area contributed by atoms with Crippen LogP contribution in [0.3, 0.4) is 0 Å². The Bertz CT molecular complexity index is 1100. The SMILES string of the molecule is c1ccc2[nH]c(-c3cc4cnc5ccccc5c4o3)cc2c1. The largest absolute Gasteiger partial charge is 0.454 e. The van der Waals surface area contributed by atoms with E-state index in [0.717, 1.165) is 38.8 Å². The number of fused-ring (bicyclic) bond motifs is 4. The van der Waals surface area contributed by atoms with E-state index in [1.807, 2.05) is 48.7 Å². The molecule has 0 aliphatic carbocycles. The molecule has 3 heteroatoms. The molecule has 0 aliphatic heterocycles. The van der Waals surface area contributed by atoms with Crippen LogP contribution in [-0.4, -0.2) is 9.97 Å². The third kappa shape index (κ3) is 1.59. The molecule has 3 nitrogen and oxygen atoms in total. The predicted octanol–water partition coefficient (Wildman–Crippen LogP) is 5.13. The first kappa shape index (κ1) is 11.6. The maximum Gasteiger partial charge on any atom is 0.151 e. The van der Waals surface area contributed by atoms with Gasteiger partial charge in [-0.05, 0) is 30.3 Å². The van der Waals surface area contributed by atoms with Gasteiger partial charge in [0, 0.05) is 27.9 Å². The summed E-state index contributed by atoms with van der Waals surface area (Å²) in [6.45, 7) is 0. The minimum Gasteiger partial charge on any atom is -0.454 e. The van der Waals surface area contributed by atoms with Crippen LogP contribution >= 0.6 is 0 Å². The van der Waals surface area contributed by atoms with Crippen molar-refractivity contribution in [1.29, 1.82) is 0 Å². The number of aromatic amines is 1. The van der Waals surface area contributed by atoms with Crippen molar-refractivity contribution in [3.63, 3.8) is 0 Å². The smallest absolute Gasteiger partial charge is 0.151 e. The van der Waals surface area contributed by atoms with Gasteiger partial charge in [0.2, 0.25) is 0 Å². The van der Waals surface area contributed by atoms with Crippen molar-refractivity contribution in [2.75, 3.05) is 0 Å². The van der Waals surface area contributed by atoms with Gasteiger partial charge < -0.3 is 9.40 Å². The molecule has 0 radical (unpaired) electrons. The fourth-order valence-electron chi connectivity index (χ4n) is 2.97. The Morgan fingerprint density at radius 1 is 0.864 bits per heavy atom. The molecular formula is C19H12N2O. The normalized spacial score (nSPS) is 11.6. The summed E-state index contributed by atoms with van der Waals surface area (Å²) in [5.74, 6) is 0.837. The Morgan fingerprint density at radius 2 is 1.73 bits per heavy atom. The lowest BCUT2D eigenvalue weighted by atomic mass is 10.2. The van der Waals surface area contributed by atoms with Crippen LogP contribution in [0.15, 0.2) is 71.3 Å². The van der Waals surface area contributed by atoms with Gasteiger partial charge in [-0.25, -0.2) is 0 Å². The van der Waals surface area contributed by atoms with Crippen molar-refractivity contribution < 1.29 is 4.42 Å². The summed E-state index contributed by atoms with van der Waals surface area (Å²) in [6.07, 6.45) is 1.87. The van der Waals surface area contributed by atoms with Crippen LogP contribution in [0.5, 0.6) is 0 Å².